The molecule has 0 spiro atoms. The fraction of sp³-hybridized carbons (Fsp3) is 0.500. The van der Waals surface area contributed by atoms with Gasteiger partial charge in [0, 0.05) is 25.0 Å². The molecular formula is C18H25N3. The number of fused-ring (bicyclic) bond motifs is 1. The molecule has 1 fully saturated rings. The molecule has 3 heteroatoms. The van der Waals surface area contributed by atoms with Gasteiger partial charge in [0.1, 0.15) is 5.82 Å². The van der Waals surface area contributed by atoms with Gasteiger partial charge >= 0.3 is 0 Å². The Morgan fingerprint density at radius 2 is 1.86 bits per heavy atom. The summed E-state index contributed by atoms with van der Waals surface area (Å²) < 4.78 is 0. The number of hydrogen-bond acceptors (Lipinski definition) is 3. The van der Waals surface area contributed by atoms with Gasteiger partial charge in [-0.1, -0.05) is 44.0 Å². The van der Waals surface area contributed by atoms with Crippen LogP contribution in [0.25, 0.3) is 10.8 Å². The molecular weight excluding hydrogens is 258 g/mol. The van der Waals surface area contributed by atoms with Gasteiger partial charge in [0.15, 0.2) is 0 Å². The maximum absolute atomic E-state index is 4.97. The molecule has 1 N–H and O–H groups in total. The summed E-state index contributed by atoms with van der Waals surface area (Å²) >= 11 is 0. The number of aromatic nitrogens is 1. The SMILES string of the molecule is CCNCc1cc2ccccc2c(N2CCCCCC2)n1. The Balaban J connectivity index is 2.00. The van der Waals surface area contributed by atoms with E-state index in [2.05, 4.69) is 47.5 Å². The van der Waals surface area contributed by atoms with Gasteiger partial charge in [0.05, 0.1) is 5.69 Å². The average Bonchev–Trinajstić information content (AvgIpc) is 2.81. The summed E-state index contributed by atoms with van der Waals surface area (Å²) in [4.78, 5) is 7.46. The summed E-state index contributed by atoms with van der Waals surface area (Å²) in [5, 5.41) is 5.99. The summed E-state index contributed by atoms with van der Waals surface area (Å²) in [5.41, 5.74) is 1.15. The fourth-order valence-electron chi connectivity index (χ4n) is 3.10. The van der Waals surface area contributed by atoms with E-state index in [-0.39, 0.29) is 0 Å². The van der Waals surface area contributed by atoms with E-state index in [9.17, 15) is 0 Å². The van der Waals surface area contributed by atoms with E-state index in [1.165, 1.54) is 42.3 Å². The molecule has 3 rings (SSSR count). The van der Waals surface area contributed by atoms with Crippen molar-refractivity contribution >= 4 is 16.6 Å². The van der Waals surface area contributed by atoms with Crippen molar-refractivity contribution in [1.82, 2.24) is 10.3 Å². The molecule has 0 aliphatic carbocycles. The van der Waals surface area contributed by atoms with Gasteiger partial charge in [0.25, 0.3) is 0 Å². The molecule has 0 radical (unpaired) electrons. The maximum Gasteiger partial charge on any atom is 0.136 e. The van der Waals surface area contributed by atoms with E-state index < -0.39 is 0 Å². The second-order valence-corrected chi connectivity index (χ2v) is 5.84. The highest BCUT2D eigenvalue weighted by Gasteiger charge is 2.15. The molecule has 2 aromatic rings. The lowest BCUT2D eigenvalue weighted by Crippen LogP contribution is -2.26. The van der Waals surface area contributed by atoms with Crippen molar-refractivity contribution in [2.24, 2.45) is 0 Å². The Kier molecular flexibility index (Phi) is 4.71. The van der Waals surface area contributed by atoms with Crippen LogP contribution < -0.4 is 10.2 Å². The number of benzene rings is 1. The predicted molar refractivity (Wildman–Crippen MR) is 89.8 cm³/mol. The zero-order valence-corrected chi connectivity index (χ0v) is 12.9. The van der Waals surface area contributed by atoms with E-state index >= 15 is 0 Å². The molecule has 0 atom stereocenters. The van der Waals surface area contributed by atoms with E-state index in [0.29, 0.717) is 0 Å². The van der Waals surface area contributed by atoms with Crippen molar-refractivity contribution in [2.45, 2.75) is 39.2 Å². The zero-order valence-electron chi connectivity index (χ0n) is 12.9. The van der Waals surface area contributed by atoms with Crippen LogP contribution in [0.3, 0.4) is 0 Å². The third-order valence-electron chi connectivity index (χ3n) is 4.24. The maximum atomic E-state index is 4.97. The van der Waals surface area contributed by atoms with Crippen LogP contribution in [0.2, 0.25) is 0 Å². The molecule has 0 saturated carbocycles. The highest BCUT2D eigenvalue weighted by molar-refractivity contribution is 5.92. The van der Waals surface area contributed by atoms with Gasteiger partial charge in [-0.05, 0) is 30.8 Å². The quantitative estimate of drug-likeness (QED) is 0.927. The van der Waals surface area contributed by atoms with Crippen LogP contribution in [0.1, 0.15) is 38.3 Å². The van der Waals surface area contributed by atoms with Crippen molar-refractivity contribution in [3.05, 3.63) is 36.0 Å². The summed E-state index contributed by atoms with van der Waals surface area (Å²) in [6.07, 6.45) is 5.28. The fourth-order valence-corrected chi connectivity index (χ4v) is 3.10. The van der Waals surface area contributed by atoms with E-state index in [0.717, 1.165) is 31.9 Å². The van der Waals surface area contributed by atoms with Gasteiger partial charge in [-0.15, -0.1) is 0 Å². The lowest BCUT2D eigenvalue weighted by atomic mass is 10.1. The number of anilines is 1. The van der Waals surface area contributed by atoms with Crippen LogP contribution in [-0.2, 0) is 6.54 Å². The van der Waals surface area contributed by atoms with Crippen molar-refractivity contribution < 1.29 is 0 Å². The van der Waals surface area contributed by atoms with Gasteiger partial charge in [0.2, 0.25) is 0 Å². The minimum atomic E-state index is 0.849. The molecule has 1 saturated heterocycles. The number of rotatable bonds is 4. The standard InChI is InChI=1S/C18H25N3/c1-2-19-14-16-13-15-9-5-6-10-17(15)18(20-16)21-11-7-3-4-8-12-21/h5-6,9-10,13,19H,2-4,7-8,11-12,14H2,1H3. The molecule has 0 unspecified atom stereocenters. The molecule has 1 aromatic carbocycles. The molecule has 3 nitrogen and oxygen atoms in total. The van der Waals surface area contributed by atoms with Crippen LogP contribution in [-0.4, -0.2) is 24.6 Å². The first-order valence-corrected chi connectivity index (χ1v) is 8.23. The highest BCUT2D eigenvalue weighted by atomic mass is 15.2. The Hall–Kier alpha value is -1.61. The summed E-state index contributed by atoms with van der Waals surface area (Å²) in [5.74, 6) is 1.18. The van der Waals surface area contributed by atoms with Crippen LogP contribution in [0.5, 0.6) is 0 Å². The first-order valence-electron chi connectivity index (χ1n) is 8.23. The molecule has 21 heavy (non-hydrogen) atoms. The second-order valence-electron chi connectivity index (χ2n) is 5.84. The van der Waals surface area contributed by atoms with E-state index in [1.807, 2.05) is 0 Å². The van der Waals surface area contributed by atoms with Crippen LogP contribution in [0.4, 0.5) is 5.82 Å². The number of nitrogens with one attached hydrogen (secondary N) is 1. The second kappa shape index (κ2) is 6.90. The van der Waals surface area contributed by atoms with Crippen molar-refractivity contribution in [1.29, 1.82) is 0 Å². The highest BCUT2D eigenvalue weighted by Crippen LogP contribution is 2.27. The molecule has 1 aliphatic heterocycles. The summed E-state index contributed by atoms with van der Waals surface area (Å²) in [6, 6.07) is 10.9. The molecule has 112 valence electrons. The van der Waals surface area contributed by atoms with Crippen molar-refractivity contribution in [3.63, 3.8) is 0 Å². The molecule has 1 aromatic heterocycles. The van der Waals surface area contributed by atoms with Crippen LogP contribution in [0.15, 0.2) is 30.3 Å². The molecule has 1 aliphatic rings. The Morgan fingerprint density at radius 1 is 1.10 bits per heavy atom. The van der Waals surface area contributed by atoms with E-state index in [1.54, 1.807) is 0 Å². The van der Waals surface area contributed by atoms with Crippen LogP contribution in [0, 0.1) is 0 Å². The van der Waals surface area contributed by atoms with Gasteiger partial charge < -0.3 is 10.2 Å². The lowest BCUT2D eigenvalue weighted by molar-refractivity contribution is 0.706. The van der Waals surface area contributed by atoms with Crippen molar-refractivity contribution in [2.75, 3.05) is 24.5 Å². The molecule has 0 amide bonds. The number of pyridine rings is 1. The predicted octanol–water partition coefficient (Wildman–Crippen LogP) is 3.72. The van der Waals surface area contributed by atoms with Gasteiger partial charge in [-0.25, -0.2) is 4.98 Å². The van der Waals surface area contributed by atoms with Gasteiger partial charge in [-0.2, -0.15) is 0 Å². The summed E-state index contributed by atoms with van der Waals surface area (Å²) in [6.45, 7) is 6.25. The average molecular weight is 283 g/mol. The first-order chi connectivity index (χ1) is 10.4. The Labute approximate surface area is 127 Å². The lowest BCUT2D eigenvalue weighted by Gasteiger charge is -2.24. The molecule has 2 heterocycles. The third-order valence-corrected chi connectivity index (χ3v) is 4.24. The monoisotopic (exact) mass is 283 g/mol. The normalized spacial score (nSPS) is 16.1. The third kappa shape index (κ3) is 3.35. The topological polar surface area (TPSA) is 28.2 Å². The van der Waals surface area contributed by atoms with Crippen molar-refractivity contribution in [3.8, 4) is 0 Å². The Bertz CT molecular complexity index is 586. The van der Waals surface area contributed by atoms with Crippen LogP contribution >= 0.6 is 0 Å². The first kappa shape index (κ1) is 14.3. The number of nitrogens with zero attached hydrogens (tertiary/aromatic N) is 2. The van der Waals surface area contributed by atoms with Gasteiger partial charge in [-0.3, -0.25) is 0 Å². The Morgan fingerprint density at radius 3 is 2.62 bits per heavy atom. The smallest absolute Gasteiger partial charge is 0.136 e. The largest absolute Gasteiger partial charge is 0.356 e. The summed E-state index contributed by atoms with van der Waals surface area (Å²) in [7, 11) is 0. The minimum absolute atomic E-state index is 0.849. The van der Waals surface area contributed by atoms with E-state index in [4.69, 9.17) is 4.98 Å². The molecule has 0 bridgehead atoms. The number of hydrogen-bond donors (Lipinski definition) is 1. The minimum Gasteiger partial charge on any atom is -0.356 e. The zero-order chi connectivity index (χ0) is 14.5.